The lowest BCUT2D eigenvalue weighted by atomic mass is 9.85. The summed E-state index contributed by atoms with van der Waals surface area (Å²) in [6.07, 6.45) is 7.03. The highest BCUT2D eigenvalue weighted by molar-refractivity contribution is 5.32. The van der Waals surface area contributed by atoms with Gasteiger partial charge in [-0.15, -0.1) is 10.2 Å². The van der Waals surface area contributed by atoms with Crippen molar-refractivity contribution in [1.82, 2.24) is 15.1 Å². The zero-order chi connectivity index (χ0) is 16.4. The van der Waals surface area contributed by atoms with Crippen LogP contribution in [0, 0.1) is 0 Å². The van der Waals surface area contributed by atoms with E-state index in [0.717, 1.165) is 31.6 Å². The van der Waals surface area contributed by atoms with Crippen molar-refractivity contribution in [2.24, 2.45) is 0 Å². The predicted octanol–water partition coefficient (Wildman–Crippen LogP) is 3.21. The van der Waals surface area contributed by atoms with Crippen molar-refractivity contribution in [2.45, 2.75) is 57.0 Å². The molecule has 1 fully saturated rings. The molecule has 2 aliphatic rings. The number of aliphatic hydroxyl groups excluding tert-OH is 1. The first kappa shape index (κ1) is 15.8. The third-order valence-electron chi connectivity index (χ3n) is 5.44. The molecule has 0 bridgehead atoms. The maximum absolute atomic E-state index is 9.53. The minimum absolute atomic E-state index is 0.141. The van der Waals surface area contributed by atoms with Gasteiger partial charge in [0.1, 0.15) is 0 Å². The number of nitrogens with zero attached hydrogens (tertiary/aromatic N) is 3. The normalized spacial score (nSPS) is 20.8. The summed E-state index contributed by atoms with van der Waals surface area (Å²) in [5.41, 5.74) is 2.81. The lowest BCUT2D eigenvalue weighted by Crippen LogP contribution is -2.33. The van der Waals surface area contributed by atoms with Crippen LogP contribution in [0.15, 0.2) is 28.7 Å². The zero-order valence-corrected chi connectivity index (χ0v) is 14.0. The Morgan fingerprint density at radius 1 is 1.12 bits per heavy atom. The van der Waals surface area contributed by atoms with Crippen LogP contribution in [0.5, 0.6) is 0 Å². The van der Waals surface area contributed by atoms with Gasteiger partial charge in [0.2, 0.25) is 11.8 Å². The highest BCUT2D eigenvalue weighted by atomic mass is 16.4. The summed E-state index contributed by atoms with van der Waals surface area (Å²) in [7, 11) is 0. The van der Waals surface area contributed by atoms with Crippen molar-refractivity contribution in [3.05, 3.63) is 47.2 Å². The Bertz CT molecular complexity index is 681. The molecule has 5 nitrogen and oxygen atoms in total. The van der Waals surface area contributed by atoms with Crippen molar-refractivity contribution >= 4 is 0 Å². The number of benzene rings is 1. The average molecular weight is 327 g/mol. The molecule has 5 heteroatoms. The van der Waals surface area contributed by atoms with Crippen LogP contribution in [-0.2, 0) is 13.0 Å². The Kier molecular flexibility index (Phi) is 4.63. The summed E-state index contributed by atoms with van der Waals surface area (Å²) < 4.78 is 5.90. The van der Waals surface area contributed by atoms with Gasteiger partial charge in [-0.25, -0.2) is 0 Å². The average Bonchev–Trinajstić information content (AvgIpc) is 3.00. The van der Waals surface area contributed by atoms with Gasteiger partial charge in [0.25, 0.3) is 0 Å². The summed E-state index contributed by atoms with van der Waals surface area (Å²) in [5, 5.41) is 18.0. The molecule has 0 amide bonds. The number of aromatic nitrogens is 2. The molecule has 2 aliphatic carbocycles. The second-order valence-electron chi connectivity index (χ2n) is 6.96. The number of hydrogen-bond acceptors (Lipinski definition) is 5. The van der Waals surface area contributed by atoms with Crippen LogP contribution in [0.25, 0.3) is 0 Å². The van der Waals surface area contributed by atoms with Crippen LogP contribution in [0.3, 0.4) is 0 Å². The van der Waals surface area contributed by atoms with E-state index in [0.29, 0.717) is 30.9 Å². The van der Waals surface area contributed by atoms with Crippen LogP contribution in [0.2, 0.25) is 0 Å². The molecular formula is C19H25N3O2. The van der Waals surface area contributed by atoms with Crippen molar-refractivity contribution in [3.8, 4) is 0 Å². The van der Waals surface area contributed by atoms with E-state index in [2.05, 4.69) is 39.4 Å². The third kappa shape index (κ3) is 3.10. The van der Waals surface area contributed by atoms with E-state index in [1.807, 2.05) is 0 Å². The van der Waals surface area contributed by atoms with Crippen molar-refractivity contribution in [3.63, 3.8) is 0 Å². The second kappa shape index (κ2) is 7.03. The minimum Gasteiger partial charge on any atom is -0.424 e. The summed E-state index contributed by atoms with van der Waals surface area (Å²) >= 11 is 0. The molecule has 1 saturated carbocycles. The topological polar surface area (TPSA) is 62.4 Å². The molecule has 4 rings (SSSR count). The van der Waals surface area contributed by atoms with Crippen molar-refractivity contribution in [2.75, 3.05) is 13.2 Å². The first-order valence-electron chi connectivity index (χ1n) is 9.10. The summed E-state index contributed by atoms with van der Waals surface area (Å²) in [6, 6.07) is 8.98. The van der Waals surface area contributed by atoms with Crippen LogP contribution >= 0.6 is 0 Å². The zero-order valence-electron chi connectivity index (χ0n) is 14.0. The Hall–Kier alpha value is -1.72. The van der Waals surface area contributed by atoms with Gasteiger partial charge in [-0.2, -0.15) is 0 Å². The molecular weight excluding hydrogens is 302 g/mol. The molecule has 1 atom stereocenters. The monoisotopic (exact) mass is 327 g/mol. The molecule has 128 valence electrons. The molecule has 0 aliphatic heterocycles. The minimum atomic E-state index is 0.141. The van der Waals surface area contributed by atoms with Crippen LogP contribution in [0.1, 0.15) is 67.0 Å². The van der Waals surface area contributed by atoms with Gasteiger partial charge in [0, 0.05) is 18.5 Å². The maximum Gasteiger partial charge on any atom is 0.230 e. The van der Waals surface area contributed by atoms with E-state index < -0.39 is 0 Å². The fraction of sp³-hybridized carbons (Fsp3) is 0.579. The van der Waals surface area contributed by atoms with E-state index in [1.165, 1.54) is 24.0 Å². The number of aliphatic hydroxyl groups is 1. The van der Waals surface area contributed by atoms with Gasteiger partial charge in [-0.3, -0.25) is 4.90 Å². The molecule has 0 radical (unpaired) electrons. The van der Waals surface area contributed by atoms with Crippen LogP contribution in [0.4, 0.5) is 0 Å². The van der Waals surface area contributed by atoms with Gasteiger partial charge in [0.15, 0.2) is 0 Å². The smallest absolute Gasteiger partial charge is 0.230 e. The number of fused-ring (bicyclic) bond motifs is 1. The summed E-state index contributed by atoms with van der Waals surface area (Å²) in [4.78, 5) is 2.29. The molecule has 2 aromatic rings. The fourth-order valence-electron chi connectivity index (χ4n) is 3.91. The van der Waals surface area contributed by atoms with Gasteiger partial charge >= 0.3 is 0 Å². The number of aryl methyl sites for hydroxylation is 1. The molecule has 1 N–H and O–H groups in total. The maximum atomic E-state index is 9.53. The third-order valence-corrected chi connectivity index (χ3v) is 5.44. The van der Waals surface area contributed by atoms with Crippen molar-refractivity contribution in [1.29, 1.82) is 0 Å². The fourth-order valence-corrected chi connectivity index (χ4v) is 3.91. The Morgan fingerprint density at radius 3 is 2.79 bits per heavy atom. The molecule has 1 heterocycles. The van der Waals surface area contributed by atoms with Gasteiger partial charge in [-0.05, 0) is 43.2 Å². The highest BCUT2D eigenvalue weighted by Gasteiger charge is 2.28. The first-order valence-corrected chi connectivity index (χ1v) is 9.10. The van der Waals surface area contributed by atoms with E-state index in [4.69, 9.17) is 4.42 Å². The molecule has 24 heavy (non-hydrogen) atoms. The van der Waals surface area contributed by atoms with Crippen LogP contribution in [-0.4, -0.2) is 33.4 Å². The largest absolute Gasteiger partial charge is 0.424 e. The molecule has 1 unspecified atom stereocenters. The standard InChI is InChI=1S/C19H25N3O2/c23-12-11-22(13-18-20-21-19(24-18)15-7-3-8-15)17-10-4-6-14-5-1-2-9-16(14)17/h1-2,5,9,15,17,23H,3-4,6-8,10-13H2. The first-order chi connectivity index (χ1) is 11.8. The van der Waals surface area contributed by atoms with E-state index in [1.54, 1.807) is 0 Å². The Labute approximate surface area is 142 Å². The van der Waals surface area contributed by atoms with Crippen molar-refractivity contribution < 1.29 is 9.52 Å². The SMILES string of the molecule is OCCN(Cc1nnc(C2CCC2)o1)C1CCCc2ccccc21. The predicted molar refractivity (Wildman–Crippen MR) is 90.5 cm³/mol. The molecule has 0 saturated heterocycles. The Morgan fingerprint density at radius 2 is 2.00 bits per heavy atom. The van der Waals surface area contributed by atoms with Gasteiger partial charge in [-0.1, -0.05) is 30.7 Å². The molecule has 1 aromatic heterocycles. The van der Waals surface area contributed by atoms with E-state index in [-0.39, 0.29) is 6.61 Å². The van der Waals surface area contributed by atoms with Gasteiger partial charge < -0.3 is 9.52 Å². The molecule has 1 aromatic carbocycles. The number of rotatable bonds is 6. The quantitative estimate of drug-likeness (QED) is 0.883. The second-order valence-corrected chi connectivity index (χ2v) is 6.96. The van der Waals surface area contributed by atoms with E-state index >= 15 is 0 Å². The highest BCUT2D eigenvalue weighted by Crippen LogP contribution is 2.37. The summed E-state index contributed by atoms with van der Waals surface area (Å²) in [5.74, 6) is 1.94. The Balaban J connectivity index is 1.53. The van der Waals surface area contributed by atoms with Gasteiger partial charge in [0.05, 0.1) is 13.2 Å². The molecule has 0 spiro atoms. The van der Waals surface area contributed by atoms with Crippen LogP contribution < -0.4 is 0 Å². The number of hydrogen-bond donors (Lipinski definition) is 1. The van der Waals surface area contributed by atoms with E-state index in [9.17, 15) is 5.11 Å². The lowest BCUT2D eigenvalue weighted by Gasteiger charge is -2.34. The summed E-state index contributed by atoms with van der Waals surface area (Å²) in [6.45, 7) is 1.38. The lowest BCUT2D eigenvalue weighted by molar-refractivity contribution is 0.119.